The number of benzene rings is 2. The van der Waals surface area contributed by atoms with Crippen molar-refractivity contribution in [1.82, 2.24) is 4.98 Å². The number of aromatic nitrogens is 1. The van der Waals surface area contributed by atoms with Gasteiger partial charge in [0.2, 0.25) is 5.89 Å². The number of oxazole rings is 1. The van der Waals surface area contributed by atoms with Crippen LogP contribution in [0.1, 0.15) is 30.0 Å². The third kappa shape index (κ3) is 4.37. The Morgan fingerprint density at radius 1 is 1.12 bits per heavy atom. The van der Waals surface area contributed by atoms with Crippen LogP contribution >= 0.6 is 0 Å². The van der Waals surface area contributed by atoms with Crippen LogP contribution in [0.5, 0.6) is 0 Å². The van der Waals surface area contributed by atoms with Crippen LogP contribution in [0.4, 0.5) is 0 Å². The molecule has 25 heavy (non-hydrogen) atoms. The van der Waals surface area contributed by atoms with Gasteiger partial charge in [0.05, 0.1) is 5.76 Å². The van der Waals surface area contributed by atoms with Gasteiger partial charge in [-0.3, -0.25) is 0 Å². The molecular weight excluding hydrogens is 314 g/mol. The molecule has 0 fully saturated rings. The molecular formula is C21H21NO3. The molecule has 1 atom stereocenters. The number of aliphatic hydroxyl groups excluding tert-OH is 1. The molecule has 0 saturated heterocycles. The summed E-state index contributed by atoms with van der Waals surface area (Å²) in [4.78, 5) is 4.51. The summed E-state index contributed by atoms with van der Waals surface area (Å²) >= 11 is 0. The monoisotopic (exact) mass is 335 g/mol. The van der Waals surface area contributed by atoms with E-state index in [9.17, 15) is 5.11 Å². The molecule has 4 nitrogen and oxygen atoms in total. The molecule has 0 aliphatic rings. The molecule has 3 rings (SSSR count). The van der Waals surface area contributed by atoms with Gasteiger partial charge < -0.3 is 14.3 Å². The maximum atomic E-state index is 10.2. The molecule has 0 bridgehead atoms. The Morgan fingerprint density at radius 2 is 1.76 bits per heavy atom. The van der Waals surface area contributed by atoms with Crippen molar-refractivity contribution in [2.24, 2.45) is 0 Å². The summed E-state index contributed by atoms with van der Waals surface area (Å²) < 4.78 is 11.5. The Hall–Kier alpha value is -2.85. The molecule has 1 heterocycles. The van der Waals surface area contributed by atoms with E-state index in [1.54, 1.807) is 6.08 Å². The molecule has 0 aliphatic carbocycles. The third-order valence-electron chi connectivity index (χ3n) is 3.88. The van der Waals surface area contributed by atoms with Crippen LogP contribution in [-0.4, -0.2) is 10.1 Å². The van der Waals surface area contributed by atoms with Crippen molar-refractivity contribution in [2.45, 2.75) is 26.6 Å². The van der Waals surface area contributed by atoms with E-state index in [1.807, 2.05) is 74.5 Å². The summed E-state index contributed by atoms with van der Waals surface area (Å²) in [5.41, 5.74) is 2.51. The summed E-state index contributed by atoms with van der Waals surface area (Å²) in [5.74, 6) is 1.96. The zero-order chi connectivity index (χ0) is 17.6. The van der Waals surface area contributed by atoms with Gasteiger partial charge in [-0.15, -0.1) is 0 Å². The molecule has 0 aliphatic heterocycles. The van der Waals surface area contributed by atoms with Gasteiger partial charge in [-0.05, 0) is 37.6 Å². The van der Waals surface area contributed by atoms with Crippen molar-refractivity contribution >= 4 is 0 Å². The molecule has 0 amide bonds. The minimum absolute atomic E-state index is 0.298. The first kappa shape index (κ1) is 17.0. The second-order valence-corrected chi connectivity index (χ2v) is 5.81. The zero-order valence-corrected chi connectivity index (χ0v) is 14.3. The number of aliphatic hydroxyl groups is 1. The second kappa shape index (κ2) is 7.81. The molecule has 0 spiro atoms. The Balaban J connectivity index is 1.65. The average molecular weight is 335 g/mol. The standard InChI is InChI=1S/C21H21NO3/c1-15(13-20(23)17-9-5-3-6-10-17)24-14-19-16(2)25-21(22-19)18-11-7-4-8-12-18/h3-13,20,23H,14H2,1-2H3. The minimum atomic E-state index is -0.695. The first-order valence-electron chi connectivity index (χ1n) is 8.19. The number of aryl methyl sites for hydroxylation is 1. The van der Waals surface area contributed by atoms with Crippen LogP contribution in [0.2, 0.25) is 0 Å². The average Bonchev–Trinajstić information content (AvgIpc) is 3.02. The van der Waals surface area contributed by atoms with Crippen LogP contribution < -0.4 is 0 Å². The number of ether oxygens (including phenoxy) is 1. The molecule has 1 N–H and O–H groups in total. The lowest BCUT2D eigenvalue weighted by molar-refractivity contribution is 0.178. The van der Waals surface area contributed by atoms with E-state index in [0.29, 0.717) is 18.3 Å². The lowest BCUT2D eigenvalue weighted by Crippen LogP contribution is -1.98. The Labute approximate surface area is 147 Å². The molecule has 0 radical (unpaired) electrons. The highest BCUT2D eigenvalue weighted by Crippen LogP contribution is 2.23. The predicted octanol–water partition coefficient (Wildman–Crippen LogP) is 4.80. The van der Waals surface area contributed by atoms with Crippen LogP contribution in [0.25, 0.3) is 11.5 Å². The van der Waals surface area contributed by atoms with Crippen LogP contribution in [-0.2, 0) is 11.3 Å². The van der Waals surface area contributed by atoms with E-state index in [4.69, 9.17) is 9.15 Å². The van der Waals surface area contributed by atoms with Crippen molar-refractivity contribution in [3.8, 4) is 11.5 Å². The van der Waals surface area contributed by atoms with Gasteiger partial charge in [-0.25, -0.2) is 4.98 Å². The molecule has 4 heteroatoms. The highest BCUT2D eigenvalue weighted by Gasteiger charge is 2.12. The smallest absolute Gasteiger partial charge is 0.226 e. The number of allylic oxidation sites excluding steroid dienone is 1. The van der Waals surface area contributed by atoms with Gasteiger partial charge in [0.15, 0.2) is 0 Å². The van der Waals surface area contributed by atoms with E-state index in [0.717, 1.165) is 22.6 Å². The lowest BCUT2D eigenvalue weighted by atomic mass is 10.1. The summed E-state index contributed by atoms with van der Waals surface area (Å²) in [6, 6.07) is 19.2. The van der Waals surface area contributed by atoms with E-state index >= 15 is 0 Å². The van der Waals surface area contributed by atoms with Crippen LogP contribution in [0.15, 0.2) is 76.9 Å². The van der Waals surface area contributed by atoms with E-state index < -0.39 is 6.10 Å². The van der Waals surface area contributed by atoms with E-state index in [-0.39, 0.29) is 0 Å². The topological polar surface area (TPSA) is 55.5 Å². The number of hydrogen-bond acceptors (Lipinski definition) is 4. The fraction of sp³-hybridized carbons (Fsp3) is 0.190. The Kier molecular flexibility index (Phi) is 5.31. The predicted molar refractivity (Wildman–Crippen MR) is 96.6 cm³/mol. The van der Waals surface area contributed by atoms with Gasteiger partial charge in [-0.1, -0.05) is 48.5 Å². The van der Waals surface area contributed by atoms with Crippen molar-refractivity contribution < 1.29 is 14.3 Å². The van der Waals surface area contributed by atoms with Crippen LogP contribution in [0, 0.1) is 6.92 Å². The van der Waals surface area contributed by atoms with Gasteiger partial charge in [0.1, 0.15) is 24.2 Å². The summed E-state index contributed by atoms with van der Waals surface area (Å²) in [6.45, 7) is 3.99. The molecule has 2 aromatic carbocycles. The highest BCUT2D eigenvalue weighted by atomic mass is 16.5. The third-order valence-corrected chi connectivity index (χ3v) is 3.88. The Morgan fingerprint density at radius 3 is 2.44 bits per heavy atom. The first-order valence-corrected chi connectivity index (χ1v) is 8.19. The molecule has 1 aromatic heterocycles. The summed E-state index contributed by atoms with van der Waals surface area (Å²) in [5, 5.41) is 10.2. The lowest BCUT2D eigenvalue weighted by Gasteiger charge is -2.09. The Bertz CT molecular complexity index is 838. The molecule has 3 aromatic rings. The first-order chi connectivity index (χ1) is 12.1. The highest BCUT2D eigenvalue weighted by molar-refractivity contribution is 5.53. The molecule has 0 saturated carbocycles. The quantitative estimate of drug-likeness (QED) is 0.657. The van der Waals surface area contributed by atoms with Crippen LogP contribution in [0.3, 0.4) is 0 Å². The van der Waals surface area contributed by atoms with Crippen molar-refractivity contribution in [1.29, 1.82) is 0 Å². The van der Waals surface area contributed by atoms with Crippen molar-refractivity contribution in [3.05, 3.63) is 89.5 Å². The fourth-order valence-corrected chi connectivity index (χ4v) is 2.47. The largest absolute Gasteiger partial charge is 0.492 e. The SMILES string of the molecule is CC(=CC(O)c1ccccc1)OCc1nc(-c2ccccc2)oc1C. The summed E-state index contributed by atoms with van der Waals surface area (Å²) in [7, 11) is 0. The number of hydrogen-bond donors (Lipinski definition) is 1. The molecule has 1 unspecified atom stereocenters. The van der Waals surface area contributed by atoms with E-state index in [1.165, 1.54) is 0 Å². The number of nitrogens with zero attached hydrogens (tertiary/aromatic N) is 1. The molecule has 128 valence electrons. The second-order valence-electron chi connectivity index (χ2n) is 5.81. The van der Waals surface area contributed by atoms with Crippen molar-refractivity contribution in [3.63, 3.8) is 0 Å². The number of rotatable bonds is 6. The maximum absolute atomic E-state index is 10.2. The van der Waals surface area contributed by atoms with Crippen molar-refractivity contribution in [2.75, 3.05) is 0 Å². The van der Waals surface area contributed by atoms with Gasteiger partial charge in [-0.2, -0.15) is 0 Å². The van der Waals surface area contributed by atoms with Gasteiger partial charge in [0.25, 0.3) is 0 Å². The zero-order valence-electron chi connectivity index (χ0n) is 14.3. The fourth-order valence-electron chi connectivity index (χ4n) is 2.47. The maximum Gasteiger partial charge on any atom is 0.226 e. The van der Waals surface area contributed by atoms with E-state index in [2.05, 4.69) is 4.98 Å². The minimum Gasteiger partial charge on any atom is -0.492 e. The summed E-state index contributed by atoms with van der Waals surface area (Å²) in [6.07, 6.45) is 0.988. The van der Waals surface area contributed by atoms with Gasteiger partial charge in [0, 0.05) is 5.56 Å². The van der Waals surface area contributed by atoms with Gasteiger partial charge >= 0.3 is 0 Å². The normalized spacial score (nSPS) is 12.8.